The minimum Gasteiger partial charge on any atom is -0.615 e. The number of fused-ring (bicyclic) bond motifs is 1. The fourth-order valence-corrected chi connectivity index (χ4v) is 3.91. The number of rotatable bonds is 6. The van der Waals surface area contributed by atoms with Crippen LogP contribution in [0, 0.1) is 11.2 Å². The van der Waals surface area contributed by atoms with Gasteiger partial charge in [0.1, 0.15) is 23.4 Å². The van der Waals surface area contributed by atoms with Crippen LogP contribution >= 0.6 is 0 Å². The van der Waals surface area contributed by atoms with Gasteiger partial charge < -0.3 is 23.9 Å². The van der Waals surface area contributed by atoms with Gasteiger partial charge in [-0.3, -0.25) is 15.2 Å². The number of nitrogens with zero attached hydrogens (tertiary/aromatic N) is 2. The van der Waals surface area contributed by atoms with Gasteiger partial charge in [-0.15, -0.1) is 0 Å². The quantitative estimate of drug-likeness (QED) is 0.434. The molecule has 1 unspecified atom stereocenters. The van der Waals surface area contributed by atoms with Crippen molar-refractivity contribution in [3.05, 3.63) is 59.4 Å². The van der Waals surface area contributed by atoms with E-state index in [-0.39, 0.29) is 23.2 Å². The maximum absolute atomic E-state index is 13.8. The van der Waals surface area contributed by atoms with E-state index in [0.29, 0.717) is 54.1 Å². The van der Waals surface area contributed by atoms with Crippen LogP contribution in [0.25, 0.3) is 11.0 Å². The van der Waals surface area contributed by atoms with Crippen LogP contribution < -0.4 is 5.32 Å². The number of carbonyl (C=O) groups excluding carboxylic acids is 1. The van der Waals surface area contributed by atoms with E-state index in [9.17, 15) is 13.7 Å². The Kier molecular flexibility index (Phi) is 6.73. The van der Waals surface area contributed by atoms with Crippen molar-refractivity contribution in [3.63, 3.8) is 0 Å². The number of anilines is 1. The summed E-state index contributed by atoms with van der Waals surface area (Å²) in [6, 6.07) is 5.67. The number of pyridine rings is 1. The van der Waals surface area contributed by atoms with Crippen LogP contribution in [0.1, 0.15) is 28.0 Å². The van der Waals surface area contributed by atoms with Gasteiger partial charge in [-0.25, -0.2) is 4.39 Å². The first-order valence-electron chi connectivity index (χ1n) is 10.1. The van der Waals surface area contributed by atoms with Crippen molar-refractivity contribution in [2.24, 2.45) is 0 Å². The van der Waals surface area contributed by atoms with Gasteiger partial charge in [0.05, 0.1) is 24.3 Å². The topological polar surface area (TPSA) is 115 Å². The van der Waals surface area contributed by atoms with E-state index in [1.165, 1.54) is 30.7 Å². The van der Waals surface area contributed by atoms with Crippen molar-refractivity contribution in [1.29, 1.82) is 5.41 Å². The van der Waals surface area contributed by atoms with E-state index < -0.39 is 17.0 Å². The van der Waals surface area contributed by atoms with Gasteiger partial charge in [-0.2, -0.15) is 0 Å². The van der Waals surface area contributed by atoms with Crippen LogP contribution in [-0.4, -0.2) is 64.5 Å². The molecule has 3 aromatic rings. The van der Waals surface area contributed by atoms with Gasteiger partial charge in [-0.1, -0.05) is 0 Å². The summed E-state index contributed by atoms with van der Waals surface area (Å²) in [6.45, 7) is 2.14. The number of halogens is 1. The van der Waals surface area contributed by atoms with Crippen molar-refractivity contribution in [3.8, 4) is 0 Å². The van der Waals surface area contributed by atoms with Crippen molar-refractivity contribution in [2.75, 3.05) is 43.8 Å². The van der Waals surface area contributed by atoms with E-state index in [0.717, 1.165) is 6.42 Å². The number of nitrogens with one attached hydrogen (secondary N) is 2. The summed E-state index contributed by atoms with van der Waals surface area (Å²) in [7, 11) is 0. The average Bonchev–Trinajstić information content (AvgIpc) is 3.01. The first-order valence-corrected chi connectivity index (χ1v) is 11.8. The molecule has 1 aliphatic rings. The molecule has 8 nitrogen and oxygen atoms in total. The van der Waals surface area contributed by atoms with Gasteiger partial charge in [0.15, 0.2) is 5.88 Å². The van der Waals surface area contributed by atoms with E-state index in [1.54, 1.807) is 17.2 Å². The fourth-order valence-electron chi connectivity index (χ4n) is 3.55. The first kappa shape index (κ1) is 22.3. The van der Waals surface area contributed by atoms with E-state index in [1.807, 2.05) is 0 Å². The zero-order valence-corrected chi connectivity index (χ0v) is 18.3. The third-order valence-electron chi connectivity index (χ3n) is 5.17. The maximum atomic E-state index is 13.8. The third kappa shape index (κ3) is 4.77. The molecule has 168 valence electrons. The molecule has 0 radical (unpaired) electrons. The Hall–Kier alpha value is -2.95. The summed E-state index contributed by atoms with van der Waals surface area (Å²) in [6.07, 6.45) is 5.13. The number of aromatic nitrogens is 1. The lowest BCUT2D eigenvalue weighted by atomic mass is 10.0. The van der Waals surface area contributed by atoms with Gasteiger partial charge in [0.2, 0.25) is 0 Å². The summed E-state index contributed by atoms with van der Waals surface area (Å²) in [5.41, 5.74) is 1.95. The molecule has 0 bridgehead atoms. The number of hydrogen-bond donors (Lipinski definition) is 2. The summed E-state index contributed by atoms with van der Waals surface area (Å²) < 4.78 is 36.3. The molecule has 0 saturated carbocycles. The molecule has 1 amide bonds. The van der Waals surface area contributed by atoms with Crippen LogP contribution in [0.15, 0.2) is 41.1 Å². The SMILES string of the molecule is C[S+]([O-])CNc1cc(C(=O)N2CCCOCC2)ncc1C(=N)c1coc2ccc(F)cc12. The van der Waals surface area contributed by atoms with Gasteiger partial charge >= 0.3 is 0 Å². The van der Waals surface area contributed by atoms with Gasteiger partial charge in [-0.05, 0) is 41.9 Å². The molecule has 0 spiro atoms. The zero-order chi connectivity index (χ0) is 22.7. The van der Waals surface area contributed by atoms with Crippen molar-refractivity contribution in [1.82, 2.24) is 9.88 Å². The van der Waals surface area contributed by atoms with E-state index in [2.05, 4.69) is 10.3 Å². The predicted molar refractivity (Wildman–Crippen MR) is 120 cm³/mol. The Morgan fingerprint density at radius 1 is 1.31 bits per heavy atom. The fraction of sp³-hybridized carbons (Fsp3) is 0.318. The Balaban J connectivity index is 1.69. The van der Waals surface area contributed by atoms with Crippen LogP contribution in [0.4, 0.5) is 10.1 Å². The molecule has 10 heteroatoms. The summed E-state index contributed by atoms with van der Waals surface area (Å²) in [4.78, 5) is 19.0. The molecule has 1 fully saturated rings. The van der Waals surface area contributed by atoms with E-state index >= 15 is 0 Å². The smallest absolute Gasteiger partial charge is 0.272 e. The van der Waals surface area contributed by atoms with Gasteiger partial charge in [0, 0.05) is 42.4 Å². The van der Waals surface area contributed by atoms with Crippen LogP contribution in [-0.2, 0) is 15.9 Å². The Labute approximate surface area is 187 Å². The Morgan fingerprint density at radius 2 is 2.16 bits per heavy atom. The van der Waals surface area contributed by atoms with Crippen LogP contribution in [0.5, 0.6) is 0 Å². The van der Waals surface area contributed by atoms with Crippen LogP contribution in [0.2, 0.25) is 0 Å². The molecule has 2 N–H and O–H groups in total. The molecule has 4 rings (SSSR count). The summed E-state index contributed by atoms with van der Waals surface area (Å²) in [5.74, 6) is -0.533. The minimum atomic E-state index is -1.16. The highest BCUT2D eigenvalue weighted by Gasteiger charge is 2.22. The minimum absolute atomic E-state index is 0.0495. The van der Waals surface area contributed by atoms with Crippen molar-refractivity contribution >= 4 is 39.5 Å². The summed E-state index contributed by atoms with van der Waals surface area (Å²) >= 11 is -1.16. The number of amides is 1. The highest BCUT2D eigenvalue weighted by atomic mass is 32.2. The second kappa shape index (κ2) is 9.68. The molecule has 1 aliphatic heterocycles. The zero-order valence-electron chi connectivity index (χ0n) is 17.5. The lowest BCUT2D eigenvalue weighted by Crippen LogP contribution is -2.34. The largest absolute Gasteiger partial charge is 0.615 e. The monoisotopic (exact) mass is 458 g/mol. The number of hydrogen-bond acceptors (Lipinski definition) is 7. The lowest BCUT2D eigenvalue weighted by molar-refractivity contribution is 0.0735. The normalized spacial score (nSPS) is 15.4. The molecular weight excluding hydrogens is 435 g/mol. The highest BCUT2D eigenvalue weighted by Crippen LogP contribution is 2.27. The molecule has 1 saturated heterocycles. The third-order valence-corrected chi connectivity index (χ3v) is 5.72. The Bertz CT molecular complexity index is 1140. The Morgan fingerprint density at radius 3 is 2.97 bits per heavy atom. The highest BCUT2D eigenvalue weighted by molar-refractivity contribution is 7.90. The molecule has 1 atom stereocenters. The maximum Gasteiger partial charge on any atom is 0.272 e. The van der Waals surface area contributed by atoms with Crippen molar-refractivity contribution in [2.45, 2.75) is 6.42 Å². The molecule has 32 heavy (non-hydrogen) atoms. The molecule has 1 aromatic carbocycles. The standard InChI is InChI=1S/C22H23FN4O4S/c1-32(29)13-26-18-10-19(22(28)27-5-2-7-30-8-6-27)25-11-16(18)21(24)17-12-31-20-4-3-14(23)9-15(17)20/h3-4,9-12,24H,2,5-8,13H2,1H3,(H,25,26). The van der Waals surface area contributed by atoms with Crippen molar-refractivity contribution < 1.29 is 22.9 Å². The second-order valence-electron chi connectivity index (χ2n) is 7.43. The number of furan rings is 1. The summed E-state index contributed by atoms with van der Waals surface area (Å²) in [5, 5.41) is 12.2. The molecule has 0 aliphatic carbocycles. The lowest BCUT2D eigenvalue weighted by Gasteiger charge is -2.20. The number of benzene rings is 1. The molecule has 2 aromatic heterocycles. The first-order chi connectivity index (χ1) is 15.4. The number of carbonyl (C=O) groups is 1. The molecule has 3 heterocycles. The van der Waals surface area contributed by atoms with Gasteiger partial charge in [0.25, 0.3) is 5.91 Å². The average molecular weight is 459 g/mol. The number of ether oxygens (including phenoxy) is 1. The van der Waals surface area contributed by atoms with E-state index in [4.69, 9.17) is 14.6 Å². The second-order valence-corrected chi connectivity index (χ2v) is 8.87. The van der Waals surface area contributed by atoms with Crippen LogP contribution in [0.3, 0.4) is 0 Å². The molecular formula is C22H23FN4O4S. The predicted octanol–water partition coefficient (Wildman–Crippen LogP) is 2.99.